The van der Waals surface area contributed by atoms with Crippen molar-refractivity contribution in [3.05, 3.63) is 54.6 Å². The molecule has 0 bridgehead atoms. The SMILES string of the molecule is C=C(Cl)c1ccc2ccccc2c1. The number of halogens is 1. The van der Waals surface area contributed by atoms with E-state index >= 15 is 0 Å². The van der Waals surface area contributed by atoms with Gasteiger partial charge < -0.3 is 0 Å². The summed E-state index contributed by atoms with van der Waals surface area (Å²) in [4.78, 5) is 0. The van der Waals surface area contributed by atoms with Crippen LogP contribution in [0, 0.1) is 0 Å². The van der Waals surface area contributed by atoms with Gasteiger partial charge in [-0.3, -0.25) is 0 Å². The van der Waals surface area contributed by atoms with Gasteiger partial charge in [0.2, 0.25) is 0 Å². The van der Waals surface area contributed by atoms with Gasteiger partial charge in [-0.05, 0) is 22.4 Å². The smallest absolute Gasteiger partial charge is 0.0406 e. The van der Waals surface area contributed by atoms with E-state index in [1.165, 1.54) is 10.8 Å². The summed E-state index contributed by atoms with van der Waals surface area (Å²) < 4.78 is 0. The lowest BCUT2D eigenvalue weighted by molar-refractivity contribution is 1.70. The molecule has 0 unspecified atom stereocenters. The molecular formula is C12H9Cl. The second-order valence-corrected chi connectivity index (χ2v) is 3.42. The van der Waals surface area contributed by atoms with Gasteiger partial charge in [-0.25, -0.2) is 0 Å². The summed E-state index contributed by atoms with van der Waals surface area (Å²) in [5.74, 6) is 0. The van der Waals surface area contributed by atoms with Gasteiger partial charge >= 0.3 is 0 Å². The third-order valence-electron chi connectivity index (χ3n) is 2.06. The molecule has 0 atom stereocenters. The molecule has 2 rings (SSSR count). The van der Waals surface area contributed by atoms with E-state index in [2.05, 4.69) is 24.8 Å². The molecule has 0 radical (unpaired) electrons. The quantitative estimate of drug-likeness (QED) is 0.634. The van der Waals surface area contributed by atoms with Gasteiger partial charge in [0, 0.05) is 5.03 Å². The molecule has 0 aliphatic heterocycles. The van der Waals surface area contributed by atoms with Crippen LogP contribution in [0.3, 0.4) is 0 Å². The van der Waals surface area contributed by atoms with Gasteiger partial charge in [0.05, 0.1) is 0 Å². The fourth-order valence-corrected chi connectivity index (χ4v) is 1.48. The van der Waals surface area contributed by atoms with Crippen molar-refractivity contribution in [3.63, 3.8) is 0 Å². The van der Waals surface area contributed by atoms with E-state index in [-0.39, 0.29) is 0 Å². The van der Waals surface area contributed by atoms with Gasteiger partial charge in [0.15, 0.2) is 0 Å². The average Bonchev–Trinajstić information content (AvgIpc) is 2.17. The molecule has 2 aromatic carbocycles. The molecule has 0 saturated heterocycles. The van der Waals surface area contributed by atoms with E-state index in [0.717, 1.165) is 5.56 Å². The van der Waals surface area contributed by atoms with Crippen LogP contribution in [0.15, 0.2) is 49.0 Å². The van der Waals surface area contributed by atoms with E-state index < -0.39 is 0 Å². The summed E-state index contributed by atoms with van der Waals surface area (Å²) in [5.41, 5.74) is 0.986. The third-order valence-corrected chi connectivity index (χ3v) is 2.28. The molecule has 0 aromatic heterocycles. The second-order valence-electron chi connectivity index (χ2n) is 2.97. The molecule has 0 fully saturated rings. The number of benzene rings is 2. The van der Waals surface area contributed by atoms with E-state index in [4.69, 9.17) is 11.6 Å². The number of hydrogen-bond donors (Lipinski definition) is 0. The minimum Gasteiger partial charge on any atom is -0.0843 e. The fourth-order valence-electron chi connectivity index (χ4n) is 1.36. The van der Waals surface area contributed by atoms with Crippen molar-refractivity contribution in [2.45, 2.75) is 0 Å². The minimum absolute atomic E-state index is 0.589. The van der Waals surface area contributed by atoms with Crippen LogP contribution in [0.25, 0.3) is 15.8 Å². The highest BCUT2D eigenvalue weighted by atomic mass is 35.5. The highest BCUT2D eigenvalue weighted by Crippen LogP contribution is 2.21. The summed E-state index contributed by atoms with van der Waals surface area (Å²) in [6, 6.07) is 14.3. The minimum atomic E-state index is 0.589. The molecule has 0 saturated carbocycles. The summed E-state index contributed by atoms with van der Waals surface area (Å²) in [6.45, 7) is 3.70. The second kappa shape index (κ2) is 3.23. The first-order valence-corrected chi connectivity index (χ1v) is 4.49. The van der Waals surface area contributed by atoms with Gasteiger partial charge in [-0.2, -0.15) is 0 Å². The molecule has 0 N–H and O–H groups in total. The third kappa shape index (κ3) is 1.58. The van der Waals surface area contributed by atoms with Crippen molar-refractivity contribution in [3.8, 4) is 0 Å². The lowest BCUT2D eigenvalue weighted by atomic mass is 10.1. The Bertz CT molecular complexity index is 457. The Hall–Kier alpha value is -1.27. The van der Waals surface area contributed by atoms with Crippen LogP contribution in [-0.2, 0) is 0 Å². The Labute approximate surface area is 82.5 Å². The zero-order valence-electron chi connectivity index (χ0n) is 7.13. The lowest BCUT2D eigenvalue weighted by Gasteiger charge is -2.00. The highest BCUT2D eigenvalue weighted by Gasteiger charge is 1.96. The van der Waals surface area contributed by atoms with Gasteiger partial charge in [-0.15, -0.1) is 0 Å². The summed E-state index contributed by atoms with van der Waals surface area (Å²) in [6.07, 6.45) is 0. The molecule has 0 amide bonds. The van der Waals surface area contributed by atoms with E-state index in [0.29, 0.717) is 5.03 Å². The topological polar surface area (TPSA) is 0 Å². The Balaban J connectivity index is 2.69. The monoisotopic (exact) mass is 188 g/mol. The summed E-state index contributed by atoms with van der Waals surface area (Å²) in [7, 11) is 0. The summed E-state index contributed by atoms with van der Waals surface area (Å²) >= 11 is 5.81. The highest BCUT2D eigenvalue weighted by molar-refractivity contribution is 6.48. The maximum Gasteiger partial charge on any atom is 0.0406 e. The van der Waals surface area contributed by atoms with Crippen molar-refractivity contribution in [1.29, 1.82) is 0 Å². The standard InChI is InChI=1S/C12H9Cl/c1-9(13)11-7-6-10-4-2-3-5-12(10)8-11/h2-8H,1H2. The Morgan fingerprint density at radius 3 is 2.38 bits per heavy atom. The molecule has 0 aliphatic carbocycles. The lowest BCUT2D eigenvalue weighted by Crippen LogP contribution is -1.76. The van der Waals surface area contributed by atoms with Crippen LogP contribution in [0.1, 0.15) is 5.56 Å². The zero-order valence-corrected chi connectivity index (χ0v) is 7.88. The van der Waals surface area contributed by atoms with Crippen molar-refractivity contribution < 1.29 is 0 Å². The molecule has 13 heavy (non-hydrogen) atoms. The predicted octanol–water partition coefficient (Wildman–Crippen LogP) is 4.05. The summed E-state index contributed by atoms with van der Waals surface area (Å²) in [5, 5.41) is 3.01. The van der Waals surface area contributed by atoms with E-state index in [1.54, 1.807) is 0 Å². The Morgan fingerprint density at radius 2 is 1.69 bits per heavy atom. The molecule has 2 aromatic rings. The molecule has 0 heterocycles. The molecule has 0 nitrogen and oxygen atoms in total. The zero-order chi connectivity index (χ0) is 9.26. The number of rotatable bonds is 1. The van der Waals surface area contributed by atoms with Crippen molar-refractivity contribution in [2.24, 2.45) is 0 Å². The first-order chi connectivity index (χ1) is 6.27. The molecule has 0 spiro atoms. The van der Waals surface area contributed by atoms with Crippen LogP contribution in [-0.4, -0.2) is 0 Å². The Kier molecular flexibility index (Phi) is 2.07. The van der Waals surface area contributed by atoms with Crippen LogP contribution >= 0.6 is 11.6 Å². The van der Waals surface area contributed by atoms with Crippen LogP contribution in [0.4, 0.5) is 0 Å². The van der Waals surface area contributed by atoms with Crippen molar-refractivity contribution in [2.75, 3.05) is 0 Å². The molecular weight excluding hydrogens is 180 g/mol. The molecule has 1 heteroatoms. The van der Waals surface area contributed by atoms with Gasteiger partial charge in [0.25, 0.3) is 0 Å². The number of fused-ring (bicyclic) bond motifs is 1. The van der Waals surface area contributed by atoms with E-state index in [1.807, 2.05) is 24.3 Å². The fraction of sp³-hybridized carbons (Fsp3) is 0. The first-order valence-electron chi connectivity index (χ1n) is 4.11. The maximum absolute atomic E-state index is 5.81. The van der Waals surface area contributed by atoms with Crippen molar-refractivity contribution >= 4 is 27.4 Å². The number of hydrogen-bond acceptors (Lipinski definition) is 0. The largest absolute Gasteiger partial charge is 0.0843 e. The Morgan fingerprint density at radius 1 is 1.00 bits per heavy atom. The van der Waals surface area contributed by atoms with Crippen LogP contribution in [0.5, 0.6) is 0 Å². The van der Waals surface area contributed by atoms with Gasteiger partial charge in [0.1, 0.15) is 0 Å². The normalized spacial score (nSPS) is 10.2. The van der Waals surface area contributed by atoms with Crippen LogP contribution < -0.4 is 0 Å². The first kappa shape index (κ1) is 8.33. The van der Waals surface area contributed by atoms with Gasteiger partial charge in [-0.1, -0.05) is 54.6 Å². The molecule has 0 aliphatic rings. The van der Waals surface area contributed by atoms with E-state index in [9.17, 15) is 0 Å². The average molecular weight is 189 g/mol. The van der Waals surface area contributed by atoms with Crippen molar-refractivity contribution in [1.82, 2.24) is 0 Å². The molecule has 64 valence electrons. The van der Waals surface area contributed by atoms with Crippen LogP contribution in [0.2, 0.25) is 0 Å². The maximum atomic E-state index is 5.81. The predicted molar refractivity (Wildman–Crippen MR) is 58.8 cm³/mol.